The Labute approximate surface area is 99.1 Å². The maximum atomic E-state index is 12.0. The van der Waals surface area contributed by atoms with E-state index in [1.54, 1.807) is 18.5 Å². The van der Waals surface area contributed by atoms with Crippen LogP contribution < -0.4 is 4.74 Å². The number of fused-ring (bicyclic) bond motifs is 1. The number of Topliss-reactive ketones (excluding diaryl/α,β-unsaturated/α-hetero) is 1. The van der Waals surface area contributed by atoms with Gasteiger partial charge in [0.1, 0.15) is 11.9 Å². The summed E-state index contributed by atoms with van der Waals surface area (Å²) in [5.41, 5.74) is 1.67. The number of ketones is 1. The molecule has 0 amide bonds. The predicted octanol–water partition coefficient (Wildman–Crippen LogP) is 2.79. The van der Waals surface area contributed by atoms with E-state index in [1.165, 1.54) is 0 Å². The Kier molecular flexibility index (Phi) is 2.37. The average Bonchev–Trinajstić information content (AvgIpc) is 2.40. The van der Waals surface area contributed by atoms with Crippen LogP contribution >= 0.6 is 0 Å². The molecule has 2 heterocycles. The van der Waals surface area contributed by atoms with E-state index in [1.807, 2.05) is 30.3 Å². The maximum absolute atomic E-state index is 12.0. The second-order valence-corrected chi connectivity index (χ2v) is 4.01. The first-order valence-electron chi connectivity index (χ1n) is 5.53. The molecule has 84 valence electrons. The van der Waals surface area contributed by atoms with Crippen molar-refractivity contribution in [3.05, 3.63) is 59.9 Å². The number of benzene rings is 1. The smallest absolute Gasteiger partial charge is 0.170 e. The Hall–Kier alpha value is -2.16. The van der Waals surface area contributed by atoms with Crippen molar-refractivity contribution in [3.63, 3.8) is 0 Å². The Bertz CT molecular complexity index is 551. The molecule has 1 aromatic carbocycles. The third kappa shape index (κ3) is 1.80. The summed E-state index contributed by atoms with van der Waals surface area (Å²) >= 11 is 0. The van der Waals surface area contributed by atoms with Gasteiger partial charge in [-0.15, -0.1) is 0 Å². The van der Waals surface area contributed by atoms with Crippen LogP contribution in [0.25, 0.3) is 0 Å². The Morgan fingerprint density at radius 1 is 1.12 bits per heavy atom. The molecule has 0 aliphatic carbocycles. The number of ether oxygens (including phenoxy) is 1. The van der Waals surface area contributed by atoms with Crippen molar-refractivity contribution < 1.29 is 9.53 Å². The van der Waals surface area contributed by atoms with Crippen molar-refractivity contribution in [3.8, 4) is 5.75 Å². The van der Waals surface area contributed by atoms with Gasteiger partial charge in [-0.1, -0.05) is 12.1 Å². The van der Waals surface area contributed by atoms with Gasteiger partial charge < -0.3 is 4.74 Å². The van der Waals surface area contributed by atoms with Crippen molar-refractivity contribution in [2.75, 3.05) is 0 Å². The first-order valence-corrected chi connectivity index (χ1v) is 5.53. The highest BCUT2D eigenvalue weighted by Gasteiger charge is 2.26. The number of para-hydroxylation sites is 1. The molecule has 0 saturated heterocycles. The van der Waals surface area contributed by atoms with Crippen LogP contribution in [-0.4, -0.2) is 10.8 Å². The molecular weight excluding hydrogens is 214 g/mol. The molecular formula is C14H11NO2. The minimum Gasteiger partial charge on any atom is -0.484 e. The van der Waals surface area contributed by atoms with Crippen molar-refractivity contribution in [2.45, 2.75) is 12.5 Å². The molecule has 1 aliphatic heterocycles. The van der Waals surface area contributed by atoms with Crippen molar-refractivity contribution >= 4 is 5.78 Å². The number of nitrogens with zero attached hydrogens (tertiary/aromatic N) is 1. The van der Waals surface area contributed by atoms with Crippen LogP contribution in [0.1, 0.15) is 28.4 Å². The van der Waals surface area contributed by atoms with Gasteiger partial charge in [0, 0.05) is 12.4 Å². The van der Waals surface area contributed by atoms with Gasteiger partial charge in [0.05, 0.1) is 12.0 Å². The standard InChI is InChI=1S/C14H11NO2/c16-12-9-14(10-5-7-15-8-6-10)17-13-4-2-1-3-11(12)13/h1-8,14H,9H2/t14-/m1/s1. The summed E-state index contributed by atoms with van der Waals surface area (Å²) in [6.45, 7) is 0. The van der Waals surface area contributed by atoms with Crippen molar-refractivity contribution in [2.24, 2.45) is 0 Å². The molecule has 0 spiro atoms. The molecule has 0 bridgehead atoms. The molecule has 2 aromatic rings. The third-order valence-electron chi connectivity index (χ3n) is 2.91. The van der Waals surface area contributed by atoms with E-state index >= 15 is 0 Å². The summed E-state index contributed by atoms with van der Waals surface area (Å²) in [7, 11) is 0. The Balaban J connectivity index is 1.97. The summed E-state index contributed by atoms with van der Waals surface area (Å²) in [4.78, 5) is 15.9. The quantitative estimate of drug-likeness (QED) is 0.749. The molecule has 3 rings (SSSR count). The van der Waals surface area contributed by atoms with Crippen LogP contribution in [0.2, 0.25) is 0 Å². The first kappa shape index (κ1) is 10.0. The Morgan fingerprint density at radius 2 is 1.88 bits per heavy atom. The van der Waals surface area contributed by atoms with E-state index in [-0.39, 0.29) is 11.9 Å². The first-order chi connectivity index (χ1) is 8.34. The lowest BCUT2D eigenvalue weighted by Gasteiger charge is -2.25. The topological polar surface area (TPSA) is 39.2 Å². The second kappa shape index (κ2) is 4.01. The maximum Gasteiger partial charge on any atom is 0.170 e. The number of hydrogen-bond donors (Lipinski definition) is 0. The fourth-order valence-electron chi connectivity index (χ4n) is 2.04. The summed E-state index contributed by atoms with van der Waals surface area (Å²) in [5, 5.41) is 0. The van der Waals surface area contributed by atoms with Crippen molar-refractivity contribution in [1.82, 2.24) is 4.98 Å². The van der Waals surface area contributed by atoms with E-state index in [9.17, 15) is 4.79 Å². The van der Waals surface area contributed by atoms with Crippen LogP contribution in [0, 0.1) is 0 Å². The molecule has 0 N–H and O–H groups in total. The number of hydrogen-bond acceptors (Lipinski definition) is 3. The number of aromatic nitrogens is 1. The van der Waals surface area contributed by atoms with Crippen LogP contribution in [-0.2, 0) is 0 Å². The van der Waals surface area contributed by atoms with E-state index in [0.29, 0.717) is 17.7 Å². The minimum atomic E-state index is -0.194. The highest BCUT2D eigenvalue weighted by molar-refractivity contribution is 5.99. The normalized spacial score (nSPS) is 18.4. The highest BCUT2D eigenvalue weighted by atomic mass is 16.5. The molecule has 0 unspecified atom stereocenters. The molecule has 0 saturated carbocycles. The van der Waals surface area contributed by atoms with Gasteiger partial charge >= 0.3 is 0 Å². The molecule has 1 atom stereocenters. The molecule has 1 aliphatic rings. The van der Waals surface area contributed by atoms with Gasteiger partial charge in [-0.3, -0.25) is 9.78 Å². The zero-order valence-corrected chi connectivity index (χ0v) is 9.17. The predicted molar refractivity (Wildman–Crippen MR) is 63.0 cm³/mol. The number of rotatable bonds is 1. The van der Waals surface area contributed by atoms with Gasteiger partial charge in [0.25, 0.3) is 0 Å². The van der Waals surface area contributed by atoms with Gasteiger partial charge in [0.15, 0.2) is 5.78 Å². The van der Waals surface area contributed by atoms with Crippen LogP contribution in [0.15, 0.2) is 48.8 Å². The van der Waals surface area contributed by atoms with E-state index in [4.69, 9.17) is 4.74 Å². The number of carbonyl (C=O) groups excluding carboxylic acids is 1. The monoisotopic (exact) mass is 225 g/mol. The molecule has 3 nitrogen and oxygen atoms in total. The molecule has 3 heteroatoms. The van der Waals surface area contributed by atoms with Gasteiger partial charge in [-0.2, -0.15) is 0 Å². The fourth-order valence-corrected chi connectivity index (χ4v) is 2.04. The van der Waals surface area contributed by atoms with Crippen LogP contribution in [0.4, 0.5) is 0 Å². The number of pyridine rings is 1. The summed E-state index contributed by atoms with van der Waals surface area (Å²) in [5.74, 6) is 0.805. The third-order valence-corrected chi connectivity index (χ3v) is 2.91. The largest absolute Gasteiger partial charge is 0.484 e. The number of carbonyl (C=O) groups is 1. The Morgan fingerprint density at radius 3 is 2.71 bits per heavy atom. The van der Waals surface area contributed by atoms with Gasteiger partial charge in [0.2, 0.25) is 0 Å². The van der Waals surface area contributed by atoms with Gasteiger partial charge in [-0.05, 0) is 29.8 Å². The fraction of sp³-hybridized carbons (Fsp3) is 0.143. The molecule has 0 fully saturated rings. The lowest BCUT2D eigenvalue weighted by molar-refractivity contribution is 0.0850. The van der Waals surface area contributed by atoms with Crippen molar-refractivity contribution in [1.29, 1.82) is 0 Å². The van der Waals surface area contributed by atoms with Crippen LogP contribution in [0.3, 0.4) is 0 Å². The lowest BCUT2D eigenvalue weighted by atomic mass is 9.97. The molecule has 17 heavy (non-hydrogen) atoms. The van der Waals surface area contributed by atoms with E-state index in [0.717, 1.165) is 5.56 Å². The zero-order valence-electron chi connectivity index (χ0n) is 9.17. The average molecular weight is 225 g/mol. The minimum absolute atomic E-state index is 0.133. The summed E-state index contributed by atoms with van der Waals surface area (Å²) in [6, 6.07) is 11.1. The molecule has 1 aromatic heterocycles. The van der Waals surface area contributed by atoms with Gasteiger partial charge in [-0.25, -0.2) is 0 Å². The zero-order chi connectivity index (χ0) is 11.7. The van der Waals surface area contributed by atoms with E-state index < -0.39 is 0 Å². The SMILES string of the molecule is O=C1C[C@H](c2ccncc2)Oc2ccccc21. The lowest BCUT2D eigenvalue weighted by Crippen LogP contribution is -2.20. The second-order valence-electron chi connectivity index (χ2n) is 4.01. The molecule has 0 radical (unpaired) electrons. The van der Waals surface area contributed by atoms with Crippen LogP contribution in [0.5, 0.6) is 5.75 Å². The summed E-state index contributed by atoms with van der Waals surface area (Å²) < 4.78 is 5.84. The van der Waals surface area contributed by atoms with E-state index in [2.05, 4.69) is 4.98 Å². The summed E-state index contributed by atoms with van der Waals surface area (Å²) in [6.07, 6.45) is 3.62. The highest BCUT2D eigenvalue weighted by Crippen LogP contribution is 2.34.